The van der Waals surface area contributed by atoms with E-state index < -0.39 is 21.7 Å². The molecular formula is C21H31FN6O4S. The first-order chi connectivity index (χ1) is 15.4. The van der Waals surface area contributed by atoms with Crippen molar-refractivity contribution in [1.82, 2.24) is 20.3 Å². The zero-order chi connectivity index (χ0) is 24.8. The van der Waals surface area contributed by atoms with Gasteiger partial charge in [0.1, 0.15) is 11.6 Å². The fourth-order valence-electron chi connectivity index (χ4n) is 3.27. The van der Waals surface area contributed by atoms with Gasteiger partial charge in [0.2, 0.25) is 21.9 Å². The lowest BCUT2D eigenvalue weighted by Crippen LogP contribution is -2.27. The van der Waals surface area contributed by atoms with E-state index in [2.05, 4.69) is 30.3 Å². The Bertz CT molecular complexity index is 1080. The van der Waals surface area contributed by atoms with Crippen LogP contribution in [0.1, 0.15) is 54.9 Å². The molecule has 0 saturated carbocycles. The van der Waals surface area contributed by atoms with Crippen molar-refractivity contribution in [2.75, 3.05) is 29.9 Å². The number of aliphatic hydroxyl groups is 1. The van der Waals surface area contributed by atoms with E-state index in [4.69, 9.17) is 0 Å². The number of aromatic nitrogens is 3. The Hall–Kier alpha value is -2.86. The van der Waals surface area contributed by atoms with Crippen LogP contribution in [0.3, 0.4) is 0 Å². The molecule has 10 nitrogen and oxygen atoms in total. The van der Waals surface area contributed by atoms with E-state index >= 15 is 0 Å². The van der Waals surface area contributed by atoms with E-state index in [1.54, 1.807) is 6.07 Å². The average Bonchev–Trinajstić information content (AvgIpc) is 2.70. The SMILES string of the molecule is CNC(=O)c1ccc(C(C)Cc2nc(N[C@@H](CO)CC(C)C)nc(NS(C)(=O)=O)n2)cc1F. The highest BCUT2D eigenvalue weighted by atomic mass is 32.2. The first-order valence-corrected chi connectivity index (χ1v) is 12.4. The number of nitrogens with zero attached hydrogens (tertiary/aromatic N) is 3. The van der Waals surface area contributed by atoms with Gasteiger partial charge < -0.3 is 15.7 Å². The molecule has 0 aliphatic carbocycles. The summed E-state index contributed by atoms with van der Waals surface area (Å²) >= 11 is 0. The Kier molecular flexibility index (Phi) is 9.06. The Morgan fingerprint density at radius 1 is 1.15 bits per heavy atom. The van der Waals surface area contributed by atoms with Gasteiger partial charge in [0.15, 0.2) is 0 Å². The second kappa shape index (κ2) is 11.3. The van der Waals surface area contributed by atoms with Gasteiger partial charge in [0, 0.05) is 13.5 Å². The van der Waals surface area contributed by atoms with Crippen LogP contribution in [0.25, 0.3) is 0 Å². The summed E-state index contributed by atoms with van der Waals surface area (Å²) in [4.78, 5) is 24.4. The number of nitrogens with one attached hydrogen (secondary N) is 3. The third-order valence-electron chi connectivity index (χ3n) is 4.79. The summed E-state index contributed by atoms with van der Waals surface area (Å²) in [6.07, 6.45) is 1.89. The second-order valence-corrected chi connectivity index (χ2v) is 10.1. The van der Waals surface area contributed by atoms with Gasteiger partial charge in [0.25, 0.3) is 5.91 Å². The third kappa shape index (κ3) is 8.21. The maximum atomic E-state index is 14.4. The number of amides is 1. The summed E-state index contributed by atoms with van der Waals surface area (Å²) in [5.41, 5.74) is 0.570. The molecule has 33 heavy (non-hydrogen) atoms. The minimum atomic E-state index is -3.63. The van der Waals surface area contributed by atoms with Crippen LogP contribution in [0.5, 0.6) is 0 Å². The van der Waals surface area contributed by atoms with Gasteiger partial charge in [-0.3, -0.25) is 9.52 Å². The molecular weight excluding hydrogens is 451 g/mol. The molecule has 2 aromatic rings. The zero-order valence-corrected chi connectivity index (χ0v) is 20.2. The summed E-state index contributed by atoms with van der Waals surface area (Å²) in [7, 11) is -2.21. The number of halogens is 1. The molecule has 0 aliphatic rings. The van der Waals surface area contributed by atoms with Crippen LogP contribution in [0, 0.1) is 11.7 Å². The first kappa shape index (κ1) is 26.4. The predicted octanol–water partition coefficient (Wildman–Crippen LogP) is 1.91. The third-order valence-corrected chi connectivity index (χ3v) is 5.34. The van der Waals surface area contributed by atoms with Crippen molar-refractivity contribution in [2.45, 2.75) is 45.6 Å². The Morgan fingerprint density at radius 2 is 1.82 bits per heavy atom. The van der Waals surface area contributed by atoms with Gasteiger partial charge in [-0.05, 0) is 36.0 Å². The van der Waals surface area contributed by atoms with Crippen LogP contribution < -0.4 is 15.4 Å². The van der Waals surface area contributed by atoms with E-state index in [1.165, 1.54) is 19.2 Å². The summed E-state index contributed by atoms with van der Waals surface area (Å²) in [6.45, 7) is 5.71. The van der Waals surface area contributed by atoms with Gasteiger partial charge in [-0.15, -0.1) is 0 Å². The number of anilines is 2. The molecule has 4 N–H and O–H groups in total. The summed E-state index contributed by atoms with van der Waals surface area (Å²) in [5, 5.41) is 15.1. The molecule has 1 aromatic heterocycles. The molecule has 0 saturated heterocycles. The second-order valence-electron chi connectivity index (χ2n) is 8.35. The lowest BCUT2D eigenvalue weighted by molar-refractivity contribution is 0.0959. The van der Waals surface area contributed by atoms with Crippen LogP contribution in [0.4, 0.5) is 16.3 Å². The fourth-order valence-corrected chi connectivity index (χ4v) is 3.69. The number of hydrogen-bond acceptors (Lipinski definition) is 8. The summed E-state index contributed by atoms with van der Waals surface area (Å²) in [5.74, 6) is -0.852. The summed E-state index contributed by atoms with van der Waals surface area (Å²) < 4.78 is 40.0. The minimum Gasteiger partial charge on any atom is -0.394 e. The summed E-state index contributed by atoms with van der Waals surface area (Å²) in [6, 6.07) is 4.03. The molecule has 0 fully saturated rings. The van der Waals surface area contributed by atoms with E-state index in [0.29, 0.717) is 17.9 Å². The van der Waals surface area contributed by atoms with Gasteiger partial charge in [-0.1, -0.05) is 26.8 Å². The van der Waals surface area contributed by atoms with Gasteiger partial charge >= 0.3 is 0 Å². The van der Waals surface area contributed by atoms with E-state index in [0.717, 1.165) is 6.26 Å². The number of carbonyl (C=O) groups excluding carboxylic acids is 1. The van der Waals surface area contributed by atoms with Gasteiger partial charge in [-0.25, -0.2) is 12.8 Å². The first-order valence-electron chi connectivity index (χ1n) is 10.5. The molecule has 0 aliphatic heterocycles. The smallest absolute Gasteiger partial charge is 0.253 e. The highest BCUT2D eigenvalue weighted by molar-refractivity contribution is 7.91. The monoisotopic (exact) mass is 482 g/mol. The molecule has 1 aromatic carbocycles. The van der Waals surface area contributed by atoms with Gasteiger partial charge in [0.05, 0.1) is 24.5 Å². The Labute approximate surface area is 193 Å². The maximum absolute atomic E-state index is 14.4. The van der Waals surface area contributed by atoms with Crippen molar-refractivity contribution in [1.29, 1.82) is 0 Å². The number of rotatable bonds is 11. The number of benzene rings is 1. The van der Waals surface area contributed by atoms with Crippen molar-refractivity contribution < 1.29 is 22.7 Å². The van der Waals surface area contributed by atoms with Crippen LogP contribution >= 0.6 is 0 Å². The normalized spacial score (nSPS) is 13.5. The molecule has 2 atom stereocenters. The molecule has 1 unspecified atom stereocenters. The standard InChI is InChI=1S/C21H31FN6O4S/c1-12(2)8-15(11-29)24-20-25-18(26-21(27-20)28-33(5,31)32)9-13(3)14-6-7-16(17(22)10-14)19(30)23-4/h6-7,10,12-13,15,29H,8-9,11H2,1-5H3,(H,23,30)(H2,24,25,26,27,28)/t13?,15-/m1/s1. The van der Waals surface area contributed by atoms with Gasteiger partial charge in [-0.2, -0.15) is 15.0 Å². The molecule has 1 heterocycles. The molecule has 0 bridgehead atoms. The molecule has 0 spiro atoms. The van der Waals surface area contributed by atoms with Crippen molar-refractivity contribution in [3.05, 3.63) is 41.0 Å². The molecule has 2 rings (SSSR count). The number of carbonyl (C=O) groups is 1. The average molecular weight is 483 g/mol. The number of aliphatic hydroxyl groups excluding tert-OH is 1. The maximum Gasteiger partial charge on any atom is 0.253 e. The number of sulfonamides is 1. The lowest BCUT2D eigenvalue weighted by Gasteiger charge is -2.19. The van der Waals surface area contributed by atoms with Crippen molar-refractivity contribution in [3.8, 4) is 0 Å². The Balaban J connectivity index is 2.32. The predicted molar refractivity (Wildman–Crippen MR) is 124 cm³/mol. The fraction of sp³-hybridized carbons (Fsp3) is 0.524. The van der Waals surface area contributed by atoms with Crippen LogP contribution in [0.15, 0.2) is 18.2 Å². The molecule has 0 radical (unpaired) electrons. The highest BCUT2D eigenvalue weighted by Crippen LogP contribution is 2.23. The highest BCUT2D eigenvalue weighted by Gasteiger charge is 2.18. The Morgan fingerprint density at radius 3 is 2.36 bits per heavy atom. The van der Waals surface area contributed by atoms with Crippen LogP contribution in [0.2, 0.25) is 0 Å². The minimum absolute atomic E-state index is 0.0556. The van der Waals surface area contributed by atoms with E-state index in [9.17, 15) is 22.7 Å². The van der Waals surface area contributed by atoms with Crippen LogP contribution in [-0.4, -0.2) is 60.3 Å². The van der Waals surface area contributed by atoms with Crippen molar-refractivity contribution in [2.24, 2.45) is 5.92 Å². The van der Waals surface area contributed by atoms with Crippen molar-refractivity contribution in [3.63, 3.8) is 0 Å². The van der Waals surface area contributed by atoms with E-state index in [1.807, 2.05) is 20.8 Å². The largest absolute Gasteiger partial charge is 0.394 e. The lowest BCUT2D eigenvalue weighted by atomic mass is 9.96. The zero-order valence-electron chi connectivity index (χ0n) is 19.4. The molecule has 12 heteroatoms. The van der Waals surface area contributed by atoms with E-state index in [-0.39, 0.29) is 48.3 Å². The molecule has 1 amide bonds. The topological polar surface area (TPSA) is 146 Å². The molecule has 182 valence electrons. The number of hydrogen-bond donors (Lipinski definition) is 4. The quantitative estimate of drug-likeness (QED) is 0.380. The van der Waals surface area contributed by atoms with Crippen LogP contribution in [-0.2, 0) is 16.4 Å². The van der Waals surface area contributed by atoms with Crippen molar-refractivity contribution >= 4 is 27.8 Å².